The molecule has 0 bridgehead atoms. The summed E-state index contributed by atoms with van der Waals surface area (Å²) in [6, 6.07) is 9.67. The lowest BCUT2D eigenvalue weighted by Gasteiger charge is -2.37. The minimum absolute atomic E-state index is 0.316. The fraction of sp³-hybridized carbons (Fsp3) is 0.333. The van der Waals surface area contributed by atoms with Crippen LogP contribution in [0.5, 0.6) is 0 Å². The van der Waals surface area contributed by atoms with Crippen LogP contribution in [0.25, 0.3) is 0 Å². The summed E-state index contributed by atoms with van der Waals surface area (Å²) >= 11 is 0. The van der Waals surface area contributed by atoms with E-state index in [1.165, 1.54) is 12.7 Å². The first kappa shape index (κ1) is 13.1. The van der Waals surface area contributed by atoms with Crippen LogP contribution in [0.3, 0.4) is 0 Å². The summed E-state index contributed by atoms with van der Waals surface area (Å²) < 4.78 is 3.43. The Bertz CT molecular complexity index is 736. The maximum absolute atomic E-state index is 11.6. The fourth-order valence-corrected chi connectivity index (χ4v) is 3.15. The molecule has 0 spiro atoms. The molecule has 1 unspecified atom stereocenters. The van der Waals surface area contributed by atoms with Crippen LogP contribution in [0.1, 0.15) is 18.4 Å². The molecular weight excluding hydrogens is 280 g/mol. The summed E-state index contributed by atoms with van der Waals surface area (Å²) in [5.74, 6) is 0. The second kappa shape index (κ2) is 4.74. The molecule has 3 aromatic rings. The van der Waals surface area contributed by atoms with Gasteiger partial charge in [0.1, 0.15) is 30.9 Å². The lowest BCUT2D eigenvalue weighted by Crippen LogP contribution is -2.47. The lowest BCUT2D eigenvalue weighted by atomic mass is 9.84. The molecule has 112 valence electrons. The van der Waals surface area contributed by atoms with Gasteiger partial charge in [-0.2, -0.15) is 10.2 Å². The molecular formula is C15H16N6O. The molecule has 0 aliphatic heterocycles. The van der Waals surface area contributed by atoms with Crippen LogP contribution in [-0.2, 0) is 17.7 Å². The molecule has 1 aromatic carbocycles. The Morgan fingerprint density at radius 2 is 1.77 bits per heavy atom. The van der Waals surface area contributed by atoms with Crippen LogP contribution < -0.4 is 0 Å². The minimum Gasteiger partial charge on any atom is -0.381 e. The molecule has 1 N–H and O–H groups in total. The van der Waals surface area contributed by atoms with Crippen molar-refractivity contribution in [3.63, 3.8) is 0 Å². The molecule has 4 rings (SSSR count). The van der Waals surface area contributed by atoms with Crippen molar-refractivity contribution in [1.82, 2.24) is 29.5 Å². The van der Waals surface area contributed by atoms with Crippen molar-refractivity contribution < 1.29 is 5.11 Å². The average Bonchev–Trinajstić information content (AvgIpc) is 2.98. The topological polar surface area (TPSA) is 81.6 Å². The molecule has 7 nitrogen and oxygen atoms in total. The molecule has 0 saturated heterocycles. The molecule has 2 heterocycles. The van der Waals surface area contributed by atoms with Crippen molar-refractivity contribution in [3.8, 4) is 0 Å². The largest absolute Gasteiger partial charge is 0.381 e. The third-order valence-electron chi connectivity index (χ3n) is 4.46. The molecule has 1 saturated carbocycles. The highest BCUT2D eigenvalue weighted by Gasteiger charge is 2.62. The van der Waals surface area contributed by atoms with E-state index in [2.05, 4.69) is 20.2 Å². The normalized spacial score (nSPS) is 18.8. The van der Waals surface area contributed by atoms with Gasteiger partial charge in [0.05, 0.1) is 12.1 Å². The third-order valence-corrected chi connectivity index (χ3v) is 4.46. The highest BCUT2D eigenvalue weighted by molar-refractivity contribution is 5.30. The number of benzene rings is 1. The first-order chi connectivity index (χ1) is 10.7. The predicted molar refractivity (Wildman–Crippen MR) is 77.6 cm³/mol. The Balaban J connectivity index is 1.82. The van der Waals surface area contributed by atoms with Crippen LogP contribution in [0.2, 0.25) is 0 Å². The quantitative estimate of drug-likeness (QED) is 0.758. The van der Waals surface area contributed by atoms with Gasteiger partial charge in [-0.25, -0.2) is 19.3 Å². The van der Waals surface area contributed by atoms with Crippen molar-refractivity contribution in [1.29, 1.82) is 0 Å². The van der Waals surface area contributed by atoms with Crippen LogP contribution in [-0.4, -0.2) is 34.6 Å². The van der Waals surface area contributed by atoms with E-state index < -0.39 is 11.1 Å². The van der Waals surface area contributed by atoms with Gasteiger partial charge in [0.2, 0.25) is 0 Å². The second-order valence-corrected chi connectivity index (χ2v) is 5.69. The van der Waals surface area contributed by atoms with Gasteiger partial charge < -0.3 is 5.11 Å². The zero-order valence-corrected chi connectivity index (χ0v) is 11.9. The molecule has 1 aliphatic carbocycles. The number of hydrogen-bond donors (Lipinski definition) is 1. The highest BCUT2D eigenvalue weighted by atomic mass is 16.3. The van der Waals surface area contributed by atoms with Gasteiger partial charge in [0.25, 0.3) is 0 Å². The van der Waals surface area contributed by atoms with E-state index in [-0.39, 0.29) is 0 Å². The van der Waals surface area contributed by atoms with E-state index in [1.807, 2.05) is 30.3 Å². The van der Waals surface area contributed by atoms with Crippen molar-refractivity contribution >= 4 is 0 Å². The number of aliphatic hydroxyl groups is 1. The van der Waals surface area contributed by atoms with E-state index in [1.54, 1.807) is 22.0 Å². The smallest absolute Gasteiger partial charge is 0.137 e. The summed E-state index contributed by atoms with van der Waals surface area (Å²) in [6.07, 6.45) is 7.95. The van der Waals surface area contributed by atoms with Crippen LogP contribution in [0.4, 0.5) is 0 Å². The van der Waals surface area contributed by atoms with Crippen LogP contribution in [0.15, 0.2) is 55.6 Å². The highest BCUT2D eigenvalue weighted by Crippen LogP contribution is 2.56. The molecule has 22 heavy (non-hydrogen) atoms. The molecule has 1 atom stereocenters. The molecule has 7 heteroatoms. The van der Waals surface area contributed by atoms with Crippen molar-refractivity contribution in [2.75, 3.05) is 0 Å². The molecule has 0 radical (unpaired) electrons. The lowest BCUT2D eigenvalue weighted by molar-refractivity contribution is -0.0551. The maximum atomic E-state index is 11.6. The zero-order chi connectivity index (χ0) is 15.0. The van der Waals surface area contributed by atoms with Crippen LogP contribution in [0, 0.1) is 0 Å². The first-order valence-corrected chi connectivity index (χ1v) is 7.20. The van der Waals surface area contributed by atoms with Crippen molar-refractivity contribution in [2.24, 2.45) is 0 Å². The van der Waals surface area contributed by atoms with Gasteiger partial charge >= 0.3 is 0 Å². The van der Waals surface area contributed by atoms with Crippen molar-refractivity contribution in [3.05, 3.63) is 61.2 Å². The van der Waals surface area contributed by atoms with Crippen LogP contribution >= 0.6 is 0 Å². The molecule has 1 aliphatic rings. The summed E-state index contributed by atoms with van der Waals surface area (Å²) in [6.45, 7) is 0.316. The van der Waals surface area contributed by atoms with Gasteiger partial charge in [-0.1, -0.05) is 30.3 Å². The average molecular weight is 296 g/mol. The van der Waals surface area contributed by atoms with E-state index in [4.69, 9.17) is 0 Å². The number of hydrogen-bond acceptors (Lipinski definition) is 5. The minimum atomic E-state index is -1.13. The number of rotatable bonds is 5. The van der Waals surface area contributed by atoms with Gasteiger partial charge in [-0.15, -0.1) is 0 Å². The second-order valence-electron chi connectivity index (χ2n) is 5.69. The third kappa shape index (κ3) is 1.86. The standard InChI is InChI=1S/C15H16N6O/c22-15(8-20-11-16-9-18-20,13-4-2-1-3-5-13)14(6-7-14)21-12-17-10-19-21/h1-5,9-12,22H,6-8H2. The number of aromatic nitrogens is 6. The molecule has 1 fully saturated rings. The van der Waals surface area contributed by atoms with E-state index in [0.29, 0.717) is 6.54 Å². The van der Waals surface area contributed by atoms with E-state index >= 15 is 0 Å². The maximum Gasteiger partial charge on any atom is 0.137 e. The Labute approximate surface area is 127 Å². The summed E-state index contributed by atoms with van der Waals surface area (Å²) in [5, 5.41) is 20.1. The summed E-state index contributed by atoms with van der Waals surface area (Å²) in [4.78, 5) is 8.01. The first-order valence-electron chi connectivity index (χ1n) is 7.20. The van der Waals surface area contributed by atoms with E-state index in [0.717, 1.165) is 18.4 Å². The monoisotopic (exact) mass is 296 g/mol. The van der Waals surface area contributed by atoms with Gasteiger partial charge in [0, 0.05) is 0 Å². The summed E-state index contributed by atoms with van der Waals surface area (Å²) in [5.41, 5.74) is -0.773. The van der Waals surface area contributed by atoms with Gasteiger partial charge in [-0.05, 0) is 18.4 Å². The van der Waals surface area contributed by atoms with E-state index in [9.17, 15) is 5.11 Å². The SMILES string of the molecule is OC(Cn1cncn1)(c1ccccc1)C1(n2cncn2)CC1. The predicted octanol–water partition coefficient (Wildman–Crippen LogP) is 0.947. The molecule has 0 amide bonds. The Morgan fingerprint density at radius 1 is 1.05 bits per heavy atom. The Morgan fingerprint density at radius 3 is 2.36 bits per heavy atom. The summed E-state index contributed by atoms with van der Waals surface area (Å²) in [7, 11) is 0. The number of nitrogens with zero attached hydrogens (tertiary/aromatic N) is 6. The van der Waals surface area contributed by atoms with Gasteiger partial charge in [0.15, 0.2) is 0 Å². The Hall–Kier alpha value is -2.54. The fourth-order valence-electron chi connectivity index (χ4n) is 3.15. The Kier molecular flexibility index (Phi) is 2.83. The zero-order valence-electron chi connectivity index (χ0n) is 11.9. The van der Waals surface area contributed by atoms with Crippen molar-refractivity contribution in [2.45, 2.75) is 30.5 Å². The van der Waals surface area contributed by atoms with Gasteiger partial charge in [-0.3, -0.25) is 0 Å². The molecule has 2 aromatic heterocycles.